The molecule has 1 aromatic rings. The maximum absolute atomic E-state index is 12.1. The third-order valence-electron chi connectivity index (χ3n) is 2.05. The fraction of sp³-hybridized carbons (Fsp3) is 0.571. The predicted molar refractivity (Wildman–Crippen MR) is 39.4 cm³/mol. The van der Waals surface area contributed by atoms with E-state index in [-0.39, 0.29) is 5.92 Å². The number of hydrogen-bond acceptors (Lipinski definition) is 2. The fourth-order valence-electron chi connectivity index (χ4n) is 1.23. The number of nitrogen functional groups attached to an aromatic ring is 1. The molecule has 3 nitrogen and oxygen atoms in total. The topological polar surface area (TPSA) is 43.8 Å². The van der Waals surface area contributed by atoms with E-state index in [4.69, 9.17) is 5.84 Å². The summed E-state index contributed by atoms with van der Waals surface area (Å²) in [5.74, 6) is 5.46. The summed E-state index contributed by atoms with van der Waals surface area (Å²) in [5.41, 5.74) is -0.427. The van der Waals surface area contributed by atoms with E-state index in [1.54, 1.807) is 0 Å². The summed E-state index contributed by atoms with van der Waals surface area (Å²) in [6.45, 7) is 0. The third kappa shape index (κ3) is 1.48. The number of nitrogens with zero attached hydrogens (tertiary/aromatic N) is 2. The molecule has 0 bridgehead atoms. The van der Waals surface area contributed by atoms with Gasteiger partial charge in [0.2, 0.25) is 0 Å². The van der Waals surface area contributed by atoms with E-state index in [1.165, 1.54) is 0 Å². The zero-order valence-electron chi connectivity index (χ0n) is 6.67. The lowest BCUT2D eigenvalue weighted by Gasteiger charge is -1.98. The van der Waals surface area contributed by atoms with Crippen molar-refractivity contribution in [2.24, 2.45) is 0 Å². The number of nitrogens with two attached hydrogens (primary N) is 1. The van der Waals surface area contributed by atoms with Gasteiger partial charge in [-0.25, -0.2) is 0 Å². The second kappa shape index (κ2) is 2.40. The van der Waals surface area contributed by atoms with Gasteiger partial charge in [0.25, 0.3) is 0 Å². The quantitative estimate of drug-likeness (QED) is 0.683. The van der Waals surface area contributed by atoms with E-state index in [0.29, 0.717) is 5.69 Å². The van der Waals surface area contributed by atoms with E-state index >= 15 is 0 Å². The third-order valence-corrected chi connectivity index (χ3v) is 2.05. The molecule has 0 amide bonds. The molecule has 1 aliphatic rings. The van der Waals surface area contributed by atoms with Crippen LogP contribution in [0.5, 0.6) is 0 Å². The molecule has 6 heteroatoms. The van der Waals surface area contributed by atoms with E-state index in [9.17, 15) is 13.2 Å². The van der Waals surface area contributed by atoms with Crippen molar-refractivity contribution in [3.05, 3.63) is 17.5 Å². The smallest absolute Gasteiger partial charge is 0.323 e. The highest BCUT2D eigenvalue weighted by Crippen LogP contribution is 2.41. The Labute approximate surface area is 72.3 Å². The maximum atomic E-state index is 12.1. The highest BCUT2D eigenvalue weighted by Gasteiger charge is 2.37. The van der Waals surface area contributed by atoms with Gasteiger partial charge in [-0.3, -0.25) is 0 Å². The van der Waals surface area contributed by atoms with Crippen molar-refractivity contribution in [3.8, 4) is 0 Å². The summed E-state index contributed by atoms with van der Waals surface area (Å²) in [5, 5.41) is 3.21. The van der Waals surface area contributed by atoms with Gasteiger partial charge in [0.1, 0.15) is 0 Å². The zero-order valence-corrected chi connectivity index (χ0v) is 6.67. The Balaban J connectivity index is 2.34. The lowest BCUT2D eigenvalue weighted by Crippen LogP contribution is -2.15. The minimum Gasteiger partial charge on any atom is -0.323 e. The molecule has 0 aliphatic heterocycles. The average Bonchev–Trinajstić information content (AvgIpc) is 2.73. The van der Waals surface area contributed by atoms with Gasteiger partial charge in [0.05, 0.1) is 5.69 Å². The lowest BCUT2D eigenvalue weighted by molar-refractivity contribution is -0.141. The second-order valence-electron chi connectivity index (χ2n) is 3.17. The van der Waals surface area contributed by atoms with E-state index < -0.39 is 11.9 Å². The molecule has 2 rings (SSSR count). The first-order chi connectivity index (χ1) is 5.98. The number of alkyl halides is 3. The summed E-state index contributed by atoms with van der Waals surface area (Å²) >= 11 is 0. The van der Waals surface area contributed by atoms with Crippen LogP contribution >= 0.6 is 0 Å². The molecule has 0 atom stereocenters. The van der Waals surface area contributed by atoms with Gasteiger partial charge in [-0.2, -0.15) is 18.0 Å². The molecule has 1 aromatic heterocycles. The Morgan fingerprint density at radius 2 is 2.08 bits per heavy atom. The highest BCUT2D eigenvalue weighted by molar-refractivity contribution is 5.20. The predicted octanol–water partition coefficient (Wildman–Crippen LogP) is 1.49. The molecule has 0 radical (unpaired) electrons. The van der Waals surface area contributed by atoms with E-state index in [2.05, 4.69) is 5.10 Å². The van der Waals surface area contributed by atoms with Crippen molar-refractivity contribution >= 4 is 0 Å². The number of halogens is 3. The van der Waals surface area contributed by atoms with Crippen LogP contribution in [-0.4, -0.2) is 9.89 Å². The van der Waals surface area contributed by atoms with Crippen LogP contribution in [0.4, 0.5) is 13.2 Å². The van der Waals surface area contributed by atoms with Crippen LogP contribution in [0.15, 0.2) is 6.07 Å². The van der Waals surface area contributed by atoms with Crippen LogP contribution < -0.4 is 5.84 Å². The first-order valence-corrected chi connectivity index (χ1v) is 3.90. The number of rotatable bonds is 1. The molecule has 13 heavy (non-hydrogen) atoms. The zero-order chi connectivity index (χ0) is 9.64. The van der Waals surface area contributed by atoms with Crippen molar-refractivity contribution in [2.45, 2.75) is 24.9 Å². The van der Waals surface area contributed by atoms with Gasteiger partial charge in [-0.05, 0) is 18.9 Å². The first kappa shape index (κ1) is 8.40. The normalized spacial score (nSPS) is 17.8. The lowest BCUT2D eigenvalue weighted by atomic mass is 10.2. The largest absolute Gasteiger partial charge is 0.435 e. The molecule has 1 fully saturated rings. The van der Waals surface area contributed by atoms with Crippen molar-refractivity contribution < 1.29 is 13.2 Å². The van der Waals surface area contributed by atoms with Gasteiger partial charge in [-0.1, -0.05) is 0 Å². The maximum Gasteiger partial charge on any atom is 0.435 e. The summed E-state index contributed by atoms with van der Waals surface area (Å²) in [6.07, 6.45) is -2.59. The van der Waals surface area contributed by atoms with Gasteiger partial charge in [0, 0.05) is 5.92 Å². The van der Waals surface area contributed by atoms with Crippen LogP contribution in [0, 0.1) is 0 Å². The van der Waals surface area contributed by atoms with Crippen LogP contribution in [0.1, 0.15) is 30.1 Å². The Morgan fingerprint density at radius 1 is 1.46 bits per heavy atom. The van der Waals surface area contributed by atoms with Crippen LogP contribution in [-0.2, 0) is 6.18 Å². The standard InChI is InChI=1S/C7H8F3N3/c8-7(9,10)6-3-5(4-1-2-4)13(11)12-6/h3-4H,1-2,11H2. The molecule has 1 heterocycles. The molecular weight excluding hydrogens is 183 g/mol. The van der Waals surface area contributed by atoms with Crippen molar-refractivity contribution in [1.82, 2.24) is 9.89 Å². The fourth-order valence-corrected chi connectivity index (χ4v) is 1.23. The number of aromatic nitrogens is 2. The summed E-state index contributed by atoms with van der Waals surface area (Å²) in [7, 11) is 0. The molecule has 72 valence electrons. The molecular formula is C7H8F3N3. The molecule has 0 spiro atoms. The molecule has 0 aromatic carbocycles. The van der Waals surface area contributed by atoms with Crippen LogP contribution in [0.3, 0.4) is 0 Å². The Morgan fingerprint density at radius 3 is 2.46 bits per heavy atom. The van der Waals surface area contributed by atoms with Gasteiger partial charge in [-0.15, -0.1) is 5.10 Å². The van der Waals surface area contributed by atoms with E-state index in [0.717, 1.165) is 23.7 Å². The average molecular weight is 191 g/mol. The number of hydrogen-bond donors (Lipinski definition) is 1. The van der Waals surface area contributed by atoms with Crippen molar-refractivity contribution in [2.75, 3.05) is 5.84 Å². The van der Waals surface area contributed by atoms with Crippen molar-refractivity contribution in [1.29, 1.82) is 0 Å². The van der Waals surface area contributed by atoms with Gasteiger partial charge < -0.3 is 5.84 Å². The Hall–Kier alpha value is -1.20. The molecule has 0 unspecified atom stereocenters. The monoisotopic (exact) mass is 191 g/mol. The van der Waals surface area contributed by atoms with Crippen molar-refractivity contribution in [3.63, 3.8) is 0 Å². The molecule has 1 saturated carbocycles. The second-order valence-corrected chi connectivity index (χ2v) is 3.17. The van der Waals surface area contributed by atoms with E-state index in [1.807, 2.05) is 0 Å². The minimum atomic E-state index is -4.39. The molecule has 0 saturated heterocycles. The Bertz CT molecular complexity index is 324. The van der Waals surface area contributed by atoms with Gasteiger partial charge >= 0.3 is 6.18 Å². The SMILES string of the molecule is Nn1nc(C(F)(F)F)cc1C1CC1. The Kier molecular flexibility index (Phi) is 1.55. The van der Waals surface area contributed by atoms with Crippen LogP contribution in [0.2, 0.25) is 0 Å². The summed E-state index contributed by atoms with van der Waals surface area (Å²) in [6, 6.07) is 1.03. The molecule has 2 N–H and O–H groups in total. The summed E-state index contributed by atoms with van der Waals surface area (Å²) < 4.78 is 36.4. The minimum absolute atomic E-state index is 0.175. The highest BCUT2D eigenvalue weighted by atomic mass is 19.4. The first-order valence-electron chi connectivity index (χ1n) is 3.90. The van der Waals surface area contributed by atoms with Gasteiger partial charge in [0.15, 0.2) is 5.69 Å². The molecule has 1 aliphatic carbocycles. The summed E-state index contributed by atoms with van der Waals surface area (Å²) in [4.78, 5) is 0.834. The van der Waals surface area contributed by atoms with Crippen LogP contribution in [0.25, 0.3) is 0 Å².